The Balaban J connectivity index is 2.16. The van der Waals surface area contributed by atoms with Crippen LogP contribution < -0.4 is 0 Å². The maximum Gasteiger partial charge on any atom is 0.335 e. The minimum atomic E-state index is -0.917. The Morgan fingerprint density at radius 1 is 1.24 bits per heavy atom. The van der Waals surface area contributed by atoms with Crippen molar-refractivity contribution in [2.45, 2.75) is 16.8 Å². The summed E-state index contributed by atoms with van der Waals surface area (Å²) < 4.78 is 0. The first-order valence-electron chi connectivity index (χ1n) is 4.96. The fraction of sp³-hybridized carbons (Fsp3) is 0.0833. The molecule has 0 radical (unpaired) electrons. The summed E-state index contributed by atoms with van der Waals surface area (Å²) in [6.07, 6.45) is 1.70. The van der Waals surface area contributed by atoms with Gasteiger partial charge in [0.15, 0.2) is 0 Å². The van der Waals surface area contributed by atoms with E-state index in [0.29, 0.717) is 0 Å². The highest BCUT2D eigenvalue weighted by atomic mass is 32.2. The van der Waals surface area contributed by atoms with Crippen molar-refractivity contribution in [2.24, 2.45) is 0 Å². The molecule has 4 nitrogen and oxygen atoms in total. The molecule has 0 amide bonds. The number of carboxylic acids is 1. The third-order valence-corrected chi connectivity index (χ3v) is 3.02. The molecule has 86 valence electrons. The number of aromatic nitrogens is 2. The highest BCUT2D eigenvalue weighted by Gasteiger charge is 2.03. The minimum absolute atomic E-state index is 0.285. The monoisotopic (exact) mass is 246 g/mol. The first kappa shape index (κ1) is 11.6. The second-order valence-corrected chi connectivity index (χ2v) is 4.47. The van der Waals surface area contributed by atoms with Gasteiger partial charge in [0.25, 0.3) is 0 Å². The van der Waals surface area contributed by atoms with Crippen molar-refractivity contribution in [3.05, 3.63) is 47.9 Å². The molecule has 0 aliphatic heterocycles. The molecule has 1 heterocycles. The summed E-state index contributed by atoms with van der Waals surface area (Å²) in [5.74, 6) is -0.198. The van der Waals surface area contributed by atoms with E-state index in [2.05, 4.69) is 9.97 Å². The van der Waals surface area contributed by atoms with Gasteiger partial charge in [-0.05, 0) is 37.3 Å². The molecule has 2 aromatic rings. The average Bonchev–Trinajstić information content (AvgIpc) is 2.29. The van der Waals surface area contributed by atoms with Crippen LogP contribution >= 0.6 is 11.8 Å². The van der Waals surface area contributed by atoms with Crippen LogP contribution in [-0.4, -0.2) is 21.0 Å². The summed E-state index contributed by atoms with van der Waals surface area (Å²) >= 11 is 1.48. The van der Waals surface area contributed by atoms with Gasteiger partial charge in [-0.1, -0.05) is 11.8 Å². The summed E-state index contributed by atoms with van der Waals surface area (Å²) in [5.41, 5.74) is 0.285. The van der Waals surface area contributed by atoms with Crippen molar-refractivity contribution >= 4 is 17.7 Å². The molecule has 0 unspecified atom stereocenters. The fourth-order valence-corrected chi connectivity index (χ4v) is 2.10. The van der Waals surface area contributed by atoms with Crippen LogP contribution in [-0.2, 0) is 0 Å². The number of benzene rings is 1. The van der Waals surface area contributed by atoms with Gasteiger partial charge in [-0.2, -0.15) is 0 Å². The third kappa shape index (κ3) is 3.04. The zero-order chi connectivity index (χ0) is 12.3. The summed E-state index contributed by atoms with van der Waals surface area (Å²) in [4.78, 5) is 19.9. The second kappa shape index (κ2) is 4.97. The van der Waals surface area contributed by atoms with E-state index in [1.54, 1.807) is 30.5 Å². The van der Waals surface area contributed by atoms with Gasteiger partial charge in [-0.25, -0.2) is 14.8 Å². The molecular formula is C12H10N2O2S. The average molecular weight is 246 g/mol. The Kier molecular flexibility index (Phi) is 3.39. The van der Waals surface area contributed by atoms with Gasteiger partial charge < -0.3 is 5.11 Å². The van der Waals surface area contributed by atoms with Gasteiger partial charge >= 0.3 is 5.97 Å². The van der Waals surface area contributed by atoms with Crippen LogP contribution in [0.3, 0.4) is 0 Å². The molecule has 1 aromatic heterocycles. The van der Waals surface area contributed by atoms with Gasteiger partial charge in [0.1, 0.15) is 10.9 Å². The summed E-state index contributed by atoms with van der Waals surface area (Å²) in [7, 11) is 0. The maximum absolute atomic E-state index is 10.7. The molecule has 0 saturated carbocycles. The van der Waals surface area contributed by atoms with E-state index in [9.17, 15) is 4.79 Å². The lowest BCUT2D eigenvalue weighted by molar-refractivity contribution is 0.0697. The van der Waals surface area contributed by atoms with Crippen molar-refractivity contribution in [3.8, 4) is 0 Å². The van der Waals surface area contributed by atoms with Crippen molar-refractivity contribution < 1.29 is 9.90 Å². The van der Waals surface area contributed by atoms with Crippen LogP contribution in [0.5, 0.6) is 0 Å². The molecule has 0 atom stereocenters. The van der Waals surface area contributed by atoms with Crippen LogP contribution in [0.1, 0.15) is 16.2 Å². The third-order valence-electron chi connectivity index (χ3n) is 2.07. The number of hydrogen-bond donors (Lipinski definition) is 1. The standard InChI is InChI=1S/C12H10N2O2S/c1-8-13-7-6-11(14-8)17-10-4-2-9(3-5-10)12(15)16/h2-7H,1H3,(H,15,16). The zero-order valence-electron chi connectivity index (χ0n) is 9.12. The smallest absolute Gasteiger partial charge is 0.335 e. The molecule has 0 fully saturated rings. The van der Waals surface area contributed by atoms with Gasteiger partial charge in [0, 0.05) is 11.1 Å². The molecule has 1 N–H and O–H groups in total. The van der Waals surface area contributed by atoms with Gasteiger partial charge in [-0.3, -0.25) is 0 Å². The van der Waals surface area contributed by atoms with E-state index in [1.807, 2.05) is 13.0 Å². The summed E-state index contributed by atoms with van der Waals surface area (Å²) in [5, 5.41) is 9.62. The van der Waals surface area contributed by atoms with Crippen LogP contribution in [0.25, 0.3) is 0 Å². The Morgan fingerprint density at radius 2 is 1.94 bits per heavy atom. The van der Waals surface area contributed by atoms with Crippen molar-refractivity contribution in [1.29, 1.82) is 0 Å². The van der Waals surface area contributed by atoms with Gasteiger partial charge in [-0.15, -0.1) is 0 Å². The predicted molar refractivity (Wildman–Crippen MR) is 64.3 cm³/mol. The van der Waals surface area contributed by atoms with Crippen molar-refractivity contribution in [1.82, 2.24) is 9.97 Å². The predicted octanol–water partition coefficient (Wildman–Crippen LogP) is 2.63. The van der Waals surface area contributed by atoms with E-state index in [1.165, 1.54) is 11.8 Å². The zero-order valence-corrected chi connectivity index (χ0v) is 9.94. The highest BCUT2D eigenvalue weighted by Crippen LogP contribution is 2.25. The first-order valence-corrected chi connectivity index (χ1v) is 5.77. The summed E-state index contributed by atoms with van der Waals surface area (Å²) in [6.45, 7) is 1.83. The Hall–Kier alpha value is -1.88. The molecular weight excluding hydrogens is 236 g/mol. The van der Waals surface area contributed by atoms with Crippen LogP contribution in [0, 0.1) is 6.92 Å². The molecule has 17 heavy (non-hydrogen) atoms. The summed E-state index contributed by atoms with van der Waals surface area (Å²) in [6, 6.07) is 8.53. The number of nitrogens with zero attached hydrogens (tertiary/aromatic N) is 2. The quantitative estimate of drug-likeness (QED) is 0.843. The number of aryl methyl sites for hydroxylation is 1. The molecule has 0 saturated heterocycles. The molecule has 5 heteroatoms. The number of aromatic carboxylic acids is 1. The maximum atomic E-state index is 10.7. The number of rotatable bonds is 3. The molecule has 0 aliphatic rings. The minimum Gasteiger partial charge on any atom is -0.478 e. The first-order chi connectivity index (χ1) is 8.15. The SMILES string of the molecule is Cc1nccc(Sc2ccc(C(=O)O)cc2)n1. The fourth-order valence-electron chi connectivity index (χ4n) is 1.28. The number of hydrogen-bond acceptors (Lipinski definition) is 4. The van der Waals surface area contributed by atoms with E-state index in [0.717, 1.165) is 15.7 Å². The van der Waals surface area contributed by atoms with Gasteiger partial charge in [0.2, 0.25) is 0 Å². The highest BCUT2D eigenvalue weighted by molar-refractivity contribution is 7.99. The Labute approximate surface area is 103 Å². The molecule has 0 spiro atoms. The van der Waals surface area contributed by atoms with E-state index in [-0.39, 0.29) is 5.56 Å². The normalized spacial score (nSPS) is 10.2. The van der Waals surface area contributed by atoms with Crippen LogP contribution in [0.2, 0.25) is 0 Å². The van der Waals surface area contributed by atoms with E-state index in [4.69, 9.17) is 5.11 Å². The molecule has 1 aromatic carbocycles. The molecule has 0 bridgehead atoms. The van der Waals surface area contributed by atoms with Gasteiger partial charge in [0.05, 0.1) is 5.56 Å². The second-order valence-electron chi connectivity index (χ2n) is 3.37. The number of carboxylic acid groups (broad SMARTS) is 1. The van der Waals surface area contributed by atoms with Crippen LogP contribution in [0.15, 0.2) is 46.5 Å². The Bertz CT molecular complexity index is 540. The number of carbonyl (C=O) groups is 1. The lowest BCUT2D eigenvalue weighted by Gasteiger charge is -2.01. The van der Waals surface area contributed by atoms with E-state index < -0.39 is 5.97 Å². The lowest BCUT2D eigenvalue weighted by atomic mass is 10.2. The van der Waals surface area contributed by atoms with Crippen molar-refractivity contribution in [2.75, 3.05) is 0 Å². The van der Waals surface area contributed by atoms with Crippen molar-refractivity contribution in [3.63, 3.8) is 0 Å². The molecule has 0 aliphatic carbocycles. The van der Waals surface area contributed by atoms with Crippen LogP contribution in [0.4, 0.5) is 0 Å². The topological polar surface area (TPSA) is 63.1 Å². The van der Waals surface area contributed by atoms with E-state index >= 15 is 0 Å². The molecule has 2 rings (SSSR count). The largest absolute Gasteiger partial charge is 0.478 e. The lowest BCUT2D eigenvalue weighted by Crippen LogP contribution is -1.94. The Morgan fingerprint density at radius 3 is 2.53 bits per heavy atom.